The number of nitrogens with one attached hydrogen (secondary N) is 1. The van der Waals surface area contributed by atoms with Crippen molar-refractivity contribution in [3.05, 3.63) is 71.8 Å². The van der Waals surface area contributed by atoms with Gasteiger partial charge in [-0.05, 0) is 54.7 Å². The van der Waals surface area contributed by atoms with E-state index in [0.29, 0.717) is 39.3 Å². The van der Waals surface area contributed by atoms with E-state index in [-0.39, 0.29) is 17.6 Å². The molecule has 1 N–H and O–H groups in total. The number of hydrogen-bond acceptors (Lipinski definition) is 3. The van der Waals surface area contributed by atoms with Gasteiger partial charge in [-0.1, -0.05) is 20.3 Å². The monoisotopic (exact) mass is 443 g/mol. The van der Waals surface area contributed by atoms with Gasteiger partial charge in [0, 0.05) is 23.2 Å². The second kappa shape index (κ2) is 7.47. The number of halogens is 2. The van der Waals surface area contributed by atoms with Crippen molar-refractivity contribution in [3.8, 4) is 22.5 Å². The van der Waals surface area contributed by atoms with Crippen molar-refractivity contribution in [2.45, 2.75) is 44.9 Å². The van der Waals surface area contributed by atoms with Crippen LogP contribution in [0.1, 0.15) is 56.2 Å². The molecule has 0 saturated heterocycles. The lowest BCUT2D eigenvalue weighted by Crippen LogP contribution is -2.10. The van der Waals surface area contributed by atoms with Crippen LogP contribution in [-0.2, 0) is 0 Å². The first-order chi connectivity index (χ1) is 16.0. The Bertz CT molecular complexity index is 1510. The van der Waals surface area contributed by atoms with E-state index in [2.05, 4.69) is 15.2 Å². The molecular weight excluding hydrogens is 420 g/mol. The Morgan fingerprint density at radius 1 is 1.09 bits per heavy atom. The first-order valence-electron chi connectivity index (χ1n) is 11.3. The maximum atomic E-state index is 15.6. The summed E-state index contributed by atoms with van der Waals surface area (Å²) in [6.45, 7) is 3.93. The van der Waals surface area contributed by atoms with Crippen LogP contribution in [0.2, 0.25) is 0 Å². The van der Waals surface area contributed by atoms with Gasteiger partial charge < -0.3 is 0 Å². The number of H-pyrrole nitrogens is 1. The molecule has 3 aromatic heterocycles. The molecule has 166 valence electrons. The highest BCUT2D eigenvalue weighted by Gasteiger charge is 2.29. The third-order valence-electron chi connectivity index (χ3n) is 6.76. The lowest BCUT2D eigenvalue weighted by molar-refractivity contribution is 0.413. The van der Waals surface area contributed by atoms with Crippen LogP contribution in [0.3, 0.4) is 0 Å². The quantitative estimate of drug-likeness (QED) is 0.340. The predicted octanol–water partition coefficient (Wildman–Crippen LogP) is 6.61. The van der Waals surface area contributed by atoms with E-state index in [1.54, 1.807) is 18.3 Å². The highest BCUT2D eigenvalue weighted by molar-refractivity contribution is 5.85. The first-order valence-corrected chi connectivity index (χ1v) is 11.3. The Labute approximate surface area is 189 Å². The number of benzene rings is 2. The minimum atomic E-state index is -0.314. The van der Waals surface area contributed by atoms with E-state index in [1.807, 2.05) is 36.6 Å². The van der Waals surface area contributed by atoms with Crippen LogP contribution in [0.25, 0.3) is 39.1 Å². The summed E-state index contributed by atoms with van der Waals surface area (Å²) in [6, 6.07) is 8.70. The fraction of sp³-hybridized carbons (Fsp3) is 0.269. The molecule has 33 heavy (non-hydrogen) atoms. The molecule has 0 radical (unpaired) electrons. The number of nitrogens with zero attached hydrogens (tertiary/aromatic N) is 4. The van der Waals surface area contributed by atoms with Gasteiger partial charge >= 0.3 is 0 Å². The fourth-order valence-electron chi connectivity index (χ4n) is 4.67. The minimum Gasteiger partial charge on any atom is -0.296 e. The zero-order valence-electron chi connectivity index (χ0n) is 18.4. The summed E-state index contributed by atoms with van der Waals surface area (Å²) in [4.78, 5) is 9.47. The average Bonchev–Trinajstić information content (AvgIpc) is 3.38. The van der Waals surface area contributed by atoms with E-state index >= 15 is 4.39 Å². The molecule has 5 nitrogen and oxygen atoms in total. The molecule has 0 aliphatic heterocycles. The molecule has 0 spiro atoms. The molecule has 1 aliphatic carbocycles. The van der Waals surface area contributed by atoms with Gasteiger partial charge in [0.05, 0.1) is 40.4 Å². The number of rotatable bonds is 4. The van der Waals surface area contributed by atoms with Crippen molar-refractivity contribution >= 4 is 16.6 Å². The Hall–Kier alpha value is -3.61. The molecule has 1 aliphatic rings. The summed E-state index contributed by atoms with van der Waals surface area (Å²) in [7, 11) is 0. The lowest BCUT2D eigenvalue weighted by Gasteiger charge is -2.24. The van der Waals surface area contributed by atoms with E-state index in [1.165, 1.54) is 12.3 Å². The molecule has 0 amide bonds. The molecule has 1 saturated carbocycles. The Morgan fingerprint density at radius 3 is 2.70 bits per heavy atom. The third-order valence-corrected chi connectivity index (χ3v) is 6.76. The van der Waals surface area contributed by atoms with Gasteiger partial charge in [0.25, 0.3) is 0 Å². The van der Waals surface area contributed by atoms with Gasteiger partial charge in [-0.3, -0.25) is 14.5 Å². The number of aromatic nitrogens is 5. The predicted molar refractivity (Wildman–Crippen MR) is 124 cm³/mol. The molecule has 1 fully saturated rings. The SMILES string of the molecule is CC(C)c1cc(-c2cn3c(-c4ccc5[nH]ncc5c4F)c(C4CCC4)nc3cn2)ccc1F. The van der Waals surface area contributed by atoms with E-state index < -0.39 is 0 Å². The molecule has 0 atom stereocenters. The lowest BCUT2D eigenvalue weighted by atomic mass is 9.81. The highest BCUT2D eigenvalue weighted by atomic mass is 19.1. The normalized spacial score (nSPS) is 14.5. The summed E-state index contributed by atoms with van der Waals surface area (Å²) < 4.78 is 31.8. The van der Waals surface area contributed by atoms with Crippen LogP contribution < -0.4 is 0 Å². The molecule has 6 rings (SSSR count). The van der Waals surface area contributed by atoms with Gasteiger partial charge in [0.1, 0.15) is 11.6 Å². The van der Waals surface area contributed by atoms with E-state index in [0.717, 1.165) is 36.2 Å². The Morgan fingerprint density at radius 2 is 1.94 bits per heavy atom. The van der Waals surface area contributed by atoms with Gasteiger partial charge in [-0.2, -0.15) is 5.10 Å². The largest absolute Gasteiger partial charge is 0.296 e. The minimum absolute atomic E-state index is 0.0542. The van der Waals surface area contributed by atoms with Gasteiger partial charge in [0.15, 0.2) is 5.65 Å². The van der Waals surface area contributed by atoms with Crippen molar-refractivity contribution in [1.29, 1.82) is 0 Å². The second-order valence-electron chi connectivity index (χ2n) is 9.12. The average molecular weight is 444 g/mol. The molecular formula is C26H23F2N5. The summed E-state index contributed by atoms with van der Waals surface area (Å²) >= 11 is 0. The first kappa shape index (κ1) is 20.0. The summed E-state index contributed by atoms with van der Waals surface area (Å²) in [6.07, 6.45) is 8.35. The fourth-order valence-corrected chi connectivity index (χ4v) is 4.67. The van der Waals surface area contributed by atoms with E-state index in [9.17, 15) is 4.39 Å². The van der Waals surface area contributed by atoms with Gasteiger partial charge in [0.2, 0.25) is 0 Å². The summed E-state index contributed by atoms with van der Waals surface area (Å²) in [5, 5.41) is 7.27. The number of fused-ring (bicyclic) bond motifs is 2. The second-order valence-corrected chi connectivity index (χ2v) is 9.12. The van der Waals surface area contributed by atoms with Crippen LogP contribution in [0, 0.1) is 11.6 Å². The van der Waals surface area contributed by atoms with Crippen LogP contribution in [-0.4, -0.2) is 24.6 Å². The maximum Gasteiger partial charge on any atom is 0.156 e. The van der Waals surface area contributed by atoms with Crippen molar-refractivity contribution < 1.29 is 8.78 Å². The maximum absolute atomic E-state index is 15.6. The number of hydrogen-bond donors (Lipinski definition) is 1. The standard InChI is InChI=1S/C26H23F2N5/c1-14(2)18-10-16(6-8-20(18)27)22-13-33-23(12-29-22)31-25(15-4-3-5-15)26(33)17-7-9-21-19(24(17)28)11-30-32-21/h6-15H,3-5H2,1-2H3,(H,30,32). The smallest absolute Gasteiger partial charge is 0.156 e. The van der Waals surface area contributed by atoms with E-state index in [4.69, 9.17) is 4.98 Å². The van der Waals surface area contributed by atoms with Gasteiger partial charge in [-0.25, -0.2) is 13.8 Å². The topological polar surface area (TPSA) is 58.9 Å². The molecule has 5 aromatic rings. The Kier molecular flexibility index (Phi) is 4.54. The van der Waals surface area contributed by atoms with Crippen molar-refractivity contribution in [1.82, 2.24) is 24.6 Å². The number of aromatic amines is 1. The van der Waals surface area contributed by atoms with Crippen LogP contribution in [0.15, 0.2) is 48.9 Å². The molecule has 3 heterocycles. The molecule has 0 unspecified atom stereocenters. The molecule has 7 heteroatoms. The third kappa shape index (κ3) is 3.14. The van der Waals surface area contributed by atoms with Crippen LogP contribution >= 0.6 is 0 Å². The molecule has 2 aromatic carbocycles. The zero-order valence-corrected chi connectivity index (χ0v) is 18.4. The van der Waals surface area contributed by atoms with Crippen LogP contribution in [0.4, 0.5) is 8.78 Å². The Balaban J connectivity index is 1.59. The van der Waals surface area contributed by atoms with Crippen LogP contribution in [0.5, 0.6) is 0 Å². The molecule has 0 bridgehead atoms. The summed E-state index contributed by atoms with van der Waals surface area (Å²) in [5.41, 5.74) is 5.64. The summed E-state index contributed by atoms with van der Waals surface area (Å²) in [5.74, 6) is -0.175. The van der Waals surface area contributed by atoms with Crippen molar-refractivity contribution in [2.24, 2.45) is 0 Å². The zero-order chi connectivity index (χ0) is 22.7. The van der Waals surface area contributed by atoms with Crippen molar-refractivity contribution in [3.63, 3.8) is 0 Å². The number of imidazole rings is 1. The van der Waals surface area contributed by atoms with Gasteiger partial charge in [-0.15, -0.1) is 0 Å². The highest BCUT2D eigenvalue weighted by Crippen LogP contribution is 2.42. The van der Waals surface area contributed by atoms with Crippen molar-refractivity contribution in [2.75, 3.05) is 0 Å².